The Balaban J connectivity index is 2.59. The fraction of sp³-hybridized carbons (Fsp3) is 0.500. The number of thioether (sulfide) groups is 1. The van der Waals surface area contributed by atoms with E-state index >= 15 is 0 Å². The zero-order chi connectivity index (χ0) is 18.3. The van der Waals surface area contributed by atoms with Crippen molar-refractivity contribution < 1.29 is 9.90 Å². The van der Waals surface area contributed by atoms with Crippen LogP contribution in [0.4, 0.5) is 0 Å². The van der Waals surface area contributed by atoms with Crippen molar-refractivity contribution in [2.24, 2.45) is 5.18 Å². The number of nitroso groups, excluding NO2 is 1. The zero-order valence-corrected chi connectivity index (χ0v) is 15.7. The summed E-state index contributed by atoms with van der Waals surface area (Å²) in [4.78, 5) is 23.0. The van der Waals surface area contributed by atoms with E-state index in [4.69, 9.17) is 0 Å². The molecule has 1 aromatic rings. The average Bonchev–Trinajstić information content (AvgIpc) is 2.78. The van der Waals surface area contributed by atoms with E-state index in [1.165, 1.54) is 0 Å². The Morgan fingerprint density at radius 1 is 1.12 bits per heavy atom. The Labute approximate surface area is 146 Å². The van der Waals surface area contributed by atoms with Crippen molar-refractivity contribution in [1.82, 2.24) is 5.32 Å². The topological polar surface area (TPSA) is 78.8 Å². The maximum absolute atomic E-state index is 11.9. The first-order valence-corrected chi connectivity index (χ1v) is 8.71. The van der Waals surface area contributed by atoms with E-state index in [-0.39, 0.29) is 16.7 Å². The standard InChI is InChI=1S/C18H24N2O3S/c1-17(2,3)11-7-10(8-12(14(11)21)18(4,5)6)9-13-15(22)19-16(20-23)24-13/h7-9,16,21H,1-6H3,(H,19,22). The van der Waals surface area contributed by atoms with Crippen LogP contribution in [0.25, 0.3) is 6.08 Å². The largest absolute Gasteiger partial charge is 0.507 e. The Morgan fingerprint density at radius 3 is 2.00 bits per heavy atom. The fourth-order valence-corrected chi connectivity index (χ4v) is 3.39. The molecule has 1 aliphatic rings. The molecule has 0 aromatic heterocycles. The monoisotopic (exact) mass is 348 g/mol. The highest BCUT2D eigenvalue weighted by Gasteiger charge is 2.29. The molecule has 0 spiro atoms. The van der Waals surface area contributed by atoms with Crippen molar-refractivity contribution >= 4 is 23.7 Å². The summed E-state index contributed by atoms with van der Waals surface area (Å²) in [7, 11) is 0. The van der Waals surface area contributed by atoms with Crippen LogP contribution < -0.4 is 5.32 Å². The highest BCUT2D eigenvalue weighted by atomic mass is 32.2. The Morgan fingerprint density at radius 2 is 1.62 bits per heavy atom. The number of carbonyl (C=O) groups excluding carboxylic acids is 1. The number of aromatic hydroxyl groups is 1. The van der Waals surface area contributed by atoms with Crippen LogP contribution >= 0.6 is 11.8 Å². The number of amides is 1. The van der Waals surface area contributed by atoms with Gasteiger partial charge in [0.2, 0.25) is 5.50 Å². The average molecular weight is 348 g/mol. The third-order valence-electron chi connectivity index (χ3n) is 3.86. The van der Waals surface area contributed by atoms with Crippen LogP contribution in [-0.2, 0) is 15.6 Å². The lowest BCUT2D eigenvalue weighted by atomic mass is 9.78. The molecule has 1 fully saturated rings. The number of nitrogens with zero attached hydrogens (tertiary/aromatic N) is 1. The zero-order valence-electron chi connectivity index (χ0n) is 14.9. The minimum Gasteiger partial charge on any atom is -0.507 e. The maximum Gasteiger partial charge on any atom is 0.260 e. The maximum atomic E-state index is 11.9. The van der Waals surface area contributed by atoms with Crippen LogP contribution in [0.15, 0.2) is 22.2 Å². The van der Waals surface area contributed by atoms with Gasteiger partial charge < -0.3 is 10.4 Å². The number of nitrogens with one attached hydrogen (secondary N) is 1. The molecule has 5 nitrogen and oxygen atoms in total. The summed E-state index contributed by atoms with van der Waals surface area (Å²) in [6, 6.07) is 3.79. The highest BCUT2D eigenvalue weighted by Crippen LogP contribution is 2.41. The van der Waals surface area contributed by atoms with Gasteiger partial charge in [-0.05, 0) is 39.8 Å². The molecule has 1 amide bonds. The third-order valence-corrected chi connectivity index (χ3v) is 4.84. The van der Waals surface area contributed by atoms with Gasteiger partial charge in [-0.15, -0.1) is 4.91 Å². The number of hydrogen-bond donors (Lipinski definition) is 2. The molecular formula is C18H24N2O3S. The van der Waals surface area contributed by atoms with Gasteiger partial charge in [-0.2, -0.15) is 0 Å². The number of hydrogen-bond acceptors (Lipinski definition) is 5. The highest BCUT2D eigenvalue weighted by molar-refractivity contribution is 8.05. The molecule has 1 unspecified atom stereocenters. The predicted molar refractivity (Wildman–Crippen MR) is 98.8 cm³/mol. The molecule has 6 heteroatoms. The first-order valence-electron chi connectivity index (χ1n) is 7.83. The molecule has 0 aliphatic carbocycles. The second-order valence-electron chi connectivity index (χ2n) is 8.02. The number of phenolic OH excluding ortho intramolecular Hbond substituents is 1. The normalized spacial score (nSPS) is 20.3. The summed E-state index contributed by atoms with van der Waals surface area (Å²) < 4.78 is 0. The minimum atomic E-state index is -0.773. The molecule has 1 aliphatic heterocycles. The molecule has 1 heterocycles. The van der Waals surface area contributed by atoms with Crippen LogP contribution in [-0.4, -0.2) is 16.5 Å². The van der Waals surface area contributed by atoms with E-state index < -0.39 is 5.50 Å². The van der Waals surface area contributed by atoms with Gasteiger partial charge >= 0.3 is 0 Å². The summed E-state index contributed by atoms with van der Waals surface area (Å²) >= 11 is 1.10. The molecule has 130 valence electrons. The Hall–Kier alpha value is -1.82. The van der Waals surface area contributed by atoms with Gasteiger partial charge in [-0.3, -0.25) is 4.79 Å². The first kappa shape index (κ1) is 18.5. The molecule has 0 saturated carbocycles. The summed E-state index contributed by atoms with van der Waals surface area (Å²) in [6.45, 7) is 12.2. The molecule has 2 N–H and O–H groups in total. The van der Waals surface area contributed by atoms with Crippen LogP contribution in [0.5, 0.6) is 5.75 Å². The van der Waals surface area contributed by atoms with E-state index in [0.717, 1.165) is 28.5 Å². The molecule has 1 atom stereocenters. The lowest BCUT2D eigenvalue weighted by molar-refractivity contribution is -0.116. The Bertz CT molecular complexity index is 677. The van der Waals surface area contributed by atoms with Gasteiger partial charge in [0.25, 0.3) is 5.91 Å². The lowest BCUT2D eigenvalue weighted by Gasteiger charge is -2.28. The first-order chi connectivity index (χ1) is 10.9. The molecular weight excluding hydrogens is 324 g/mol. The summed E-state index contributed by atoms with van der Waals surface area (Å²) in [5.74, 6) is 0.000374. The minimum absolute atomic E-state index is 0.240. The van der Waals surface area contributed by atoms with Gasteiger partial charge in [-0.25, -0.2) is 0 Å². The molecule has 0 bridgehead atoms. The van der Waals surface area contributed by atoms with Crippen molar-refractivity contribution in [3.63, 3.8) is 0 Å². The molecule has 1 aromatic carbocycles. The molecule has 2 rings (SSSR count). The van der Waals surface area contributed by atoms with Crippen molar-refractivity contribution in [1.29, 1.82) is 0 Å². The molecule has 1 saturated heterocycles. The van der Waals surface area contributed by atoms with Gasteiger partial charge in [0.15, 0.2) is 0 Å². The molecule has 24 heavy (non-hydrogen) atoms. The van der Waals surface area contributed by atoms with E-state index in [9.17, 15) is 14.8 Å². The van der Waals surface area contributed by atoms with Crippen LogP contribution in [0, 0.1) is 4.91 Å². The number of benzene rings is 1. The second kappa shape index (κ2) is 6.24. The number of rotatable bonds is 2. The number of carbonyl (C=O) groups is 1. The van der Waals surface area contributed by atoms with Gasteiger partial charge in [0.05, 0.1) is 4.91 Å². The van der Waals surface area contributed by atoms with Gasteiger partial charge in [-0.1, -0.05) is 53.3 Å². The van der Waals surface area contributed by atoms with Gasteiger partial charge in [0.1, 0.15) is 5.75 Å². The van der Waals surface area contributed by atoms with E-state index in [1.807, 2.05) is 53.7 Å². The van der Waals surface area contributed by atoms with Gasteiger partial charge in [0, 0.05) is 11.1 Å². The van der Waals surface area contributed by atoms with Crippen LogP contribution in [0.3, 0.4) is 0 Å². The van der Waals surface area contributed by atoms with Crippen molar-refractivity contribution in [3.05, 3.63) is 38.6 Å². The second-order valence-corrected chi connectivity index (χ2v) is 9.14. The molecule has 0 radical (unpaired) electrons. The van der Waals surface area contributed by atoms with Crippen LogP contribution in [0.1, 0.15) is 58.2 Å². The van der Waals surface area contributed by atoms with Crippen molar-refractivity contribution in [2.75, 3.05) is 0 Å². The number of phenols is 1. The van der Waals surface area contributed by atoms with Crippen molar-refractivity contribution in [3.8, 4) is 5.75 Å². The SMILES string of the molecule is CC(C)(C)c1cc(C=C2SC(N=O)NC2=O)cc(C(C)(C)C)c1O. The van der Waals surface area contributed by atoms with E-state index in [2.05, 4.69) is 10.5 Å². The third kappa shape index (κ3) is 3.80. The summed E-state index contributed by atoms with van der Waals surface area (Å²) in [5, 5.41) is 16.1. The summed E-state index contributed by atoms with van der Waals surface area (Å²) in [5.41, 5.74) is 1.23. The van der Waals surface area contributed by atoms with E-state index in [1.54, 1.807) is 6.08 Å². The smallest absolute Gasteiger partial charge is 0.260 e. The quantitative estimate of drug-likeness (QED) is 0.619. The van der Waals surface area contributed by atoms with Crippen LogP contribution in [0.2, 0.25) is 0 Å². The van der Waals surface area contributed by atoms with Crippen molar-refractivity contribution in [2.45, 2.75) is 57.9 Å². The fourth-order valence-electron chi connectivity index (χ4n) is 2.57. The predicted octanol–water partition coefficient (Wildman–Crippen LogP) is 4.24. The Kier molecular flexibility index (Phi) is 4.81. The lowest BCUT2D eigenvalue weighted by Crippen LogP contribution is -2.22. The summed E-state index contributed by atoms with van der Waals surface area (Å²) in [6.07, 6.45) is 1.75. The van der Waals surface area contributed by atoms with E-state index in [0.29, 0.717) is 10.7 Å².